The van der Waals surface area contributed by atoms with Gasteiger partial charge in [-0.3, -0.25) is 9.59 Å². The summed E-state index contributed by atoms with van der Waals surface area (Å²) in [5.41, 5.74) is 1.85. The Labute approximate surface area is 155 Å². The highest BCUT2D eigenvalue weighted by molar-refractivity contribution is 5.98. The number of fused-ring (bicyclic) bond motifs is 2. The minimum atomic E-state index is 0.0542. The van der Waals surface area contributed by atoms with Crippen LogP contribution in [0.3, 0.4) is 0 Å². The molecule has 0 unspecified atom stereocenters. The number of nitrogens with one attached hydrogen (secondary N) is 1. The summed E-state index contributed by atoms with van der Waals surface area (Å²) in [6, 6.07) is 8.38. The predicted molar refractivity (Wildman–Crippen MR) is 101 cm³/mol. The second-order valence-corrected chi connectivity index (χ2v) is 7.94. The number of carbonyl (C=O) groups excluding carboxylic acids is 2. The molecule has 2 saturated heterocycles. The van der Waals surface area contributed by atoms with Crippen LogP contribution in [-0.4, -0.2) is 53.8 Å². The van der Waals surface area contributed by atoms with Crippen molar-refractivity contribution >= 4 is 11.8 Å². The molecule has 0 saturated carbocycles. The normalized spacial score (nSPS) is 25.7. The molecular weight excluding hydrogens is 326 g/mol. The molecule has 3 aliphatic rings. The maximum Gasteiger partial charge on any atom is 0.254 e. The van der Waals surface area contributed by atoms with E-state index in [1.165, 1.54) is 45.2 Å². The van der Waals surface area contributed by atoms with Gasteiger partial charge in [-0.15, -0.1) is 0 Å². The standard InChI is InChI=1S/C21H29N3O2/c25-20(10-13-24-15-17-6-1-2-8-18(17)21(24)26)22-14-16-7-5-12-23-11-4-3-9-19(16)23/h1-2,6,8,16,19H,3-5,7,9-15H2,(H,22,25)/t16-,19-/m1/s1. The smallest absolute Gasteiger partial charge is 0.254 e. The van der Waals surface area contributed by atoms with Crippen LogP contribution in [0.4, 0.5) is 0 Å². The summed E-state index contributed by atoms with van der Waals surface area (Å²) in [6.07, 6.45) is 6.78. The highest BCUT2D eigenvalue weighted by Gasteiger charge is 2.33. The topological polar surface area (TPSA) is 52.7 Å². The maximum absolute atomic E-state index is 12.4. The summed E-state index contributed by atoms with van der Waals surface area (Å²) in [5.74, 6) is 0.714. The van der Waals surface area contributed by atoms with Gasteiger partial charge in [0.15, 0.2) is 0 Å². The average molecular weight is 355 g/mol. The highest BCUT2D eigenvalue weighted by Crippen LogP contribution is 2.30. The number of hydrogen-bond acceptors (Lipinski definition) is 3. The van der Waals surface area contributed by atoms with E-state index in [2.05, 4.69) is 10.2 Å². The number of rotatable bonds is 5. The molecule has 0 aromatic heterocycles. The molecule has 5 heteroatoms. The van der Waals surface area contributed by atoms with Crippen molar-refractivity contribution in [1.82, 2.24) is 15.1 Å². The fourth-order valence-electron chi connectivity index (χ4n) is 4.88. The summed E-state index contributed by atoms with van der Waals surface area (Å²) in [4.78, 5) is 29.1. The maximum atomic E-state index is 12.4. The Morgan fingerprint density at radius 2 is 1.96 bits per heavy atom. The zero-order chi connectivity index (χ0) is 17.9. The first-order valence-corrected chi connectivity index (χ1v) is 10.1. The summed E-state index contributed by atoms with van der Waals surface area (Å²) in [7, 11) is 0. The van der Waals surface area contributed by atoms with Crippen LogP contribution in [0.25, 0.3) is 0 Å². The Balaban J connectivity index is 1.23. The quantitative estimate of drug-likeness (QED) is 0.882. The van der Waals surface area contributed by atoms with Crippen LogP contribution in [0, 0.1) is 5.92 Å². The number of amides is 2. The fraction of sp³-hybridized carbons (Fsp3) is 0.619. The van der Waals surface area contributed by atoms with Crippen LogP contribution in [0.15, 0.2) is 24.3 Å². The molecule has 0 spiro atoms. The zero-order valence-electron chi connectivity index (χ0n) is 15.5. The minimum absolute atomic E-state index is 0.0542. The Morgan fingerprint density at radius 3 is 2.85 bits per heavy atom. The van der Waals surface area contributed by atoms with E-state index in [1.807, 2.05) is 24.3 Å². The third-order valence-corrected chi connectivity index (χ3v) is 6.30. The molecule has 0 aliphatic carbocycles. The number of carbonyl (C=O) groups is 2. The van der Waals surface area contributed by atoms with Gasteiger partial charge in [0, 0.05) is 37.7 Å². The second-order valence-electron chi connectivity index (χ2n) is 7.94. The number of piperidine rings is 2. The van der Waals surface area contributed by atoms with Gasteiger partial charge in [-0.1, -0.05) is 24.6 Å². The third-order valence-electron chi connectivity index (χ3n) is 6.30. The van der Waals surface area contributed by atoms with Gasteiger partial charge in [0.1, 0.15) is 0 Å². The second kappa shape index (κ2) is 7.78. The number of benzene rings is 1. The molecular formula is C21H29N3O2. The first-order chi connectivity index (χ1) is 12.7. The van der Waals surface area contributed by atoms with E-state index in [0.717, 1.165) is 17.7 Å². The molecule has 1 aromatic rings. The number of nitrogens with zero attached hydrogens (tertiary/aromatic N) is 2. The molecule has 3 aliphatic heterocycles. The molecule has 2 amide bonds. The highest BCUT2D eigenvalue weighted by atomic mass is 16.2. The van der Waals surface area contributed by atoms with Crippen molar-refractivity contribution in [3.05, 3.63) is 35.4 Å². The van der Waals surface area contributed by atoms with E-state index in [9.17, 15) is 9.59 Å². The van der Waals surface area contributed by atoms with Crippen LogP contribution < -0.4 is 5.32 Å². The molecule has 140 valence electrons. The average Bonchev–Trinajstić information content (AvgIpc) is 3.01. The van der Waals surface area contributed by atoms with Gasteiger partial charge in [-0.05, 0) is 56.3 Å². The summed E-state index contributed by atoms with van der Waals surface area (Å²) < 4.78 is 0. The van der Waals surface area contributed by atoms with Crippen molar-refractivity contribution in [3.63, 3.8) is 0 Å². The van der Waals surface area contributed by atoms with Crippen LogP contribution in [-0.2, 0) is 11.3 Å². The first-order valence-electron chi connectivity index (χ1n) is 10.1. The molecule has 0 radical (unpaired) electrons. The van der Waals surface area contributed by atoms with E-state index in [-0.39, 0.29) is 11.8 Å². The molecule has 1 N–H and O–H groups in total. The molecule has 4 rings (SSSR count). The van der Waals surface area contributed by atoms with Gasteiger partial charge in [0.2, 0.25) is 5.91 Å². The minimum Gasteiger partial charge on any atom is -0.356 e. The van der Waals surface area contributed by atoms with E-state index < -0.39 is 0 Å². The molecule has 26 heavy (non-hydrogen) atoms. The lowest BCUT2D eigenvalue weighted by Crippen LogP contribution is -2.51. The van der Waals surface area contributed by atoms with E-state index in [1.54, 1.807) is 4.90 Å². The van der Waals surface area contributed by atoms with Crippen molar-refractivity contribution in [2.75, 3.05) is 26.2 Å². The Kier molecular flexibility index (Phi) is 5.25. The van der Waals surface area contributed by atoms with E-state index in [0.29, 0.717) is 31.5 Å². The molecule has 2 fully saturated rings. The molecule has 5 nitrogen and oxygen atoms in total. The Morgan fingerprint density at radius 1 is 1.12 bits per heavy atom. The summed E-state index contributed by atoms with van der Waals surface area (Å²) >= 11 is 0. The molecule has 0 bridgehead atoms. The monoisotopic (exact) mass is 355 g/mol. The van der Waals surface area contributed by atoms with E-state index >= 15 is 0 Å². The third kappa shape index (κ3) is 3.63. The first kappa shape index (κ1) is 17.5. The zero-order valence-corrected chi connectivity index (χ0v) is 15.5. The molecule has 1 aromatic carbocycles. The van der Waals surface area contributed by atoms with Gasteiger partial charge in [0.25, 0.3) is 5.91 Å². The van der Waals surface area contributed by atoms with Crippen molar-refractivity contribution in [1.29, 1.82) is 0 Å². The Hall–Kier alpha value is -1.88. The van der Waals surface area contributed by atoms with Gasteiger partial charge >= 0.3 is 0 Å². The Bertz CT molecular complexity index is 673. The predicted octanol–water partition coefficient (Wildman–Crippen LogP) is 2.41. The summed E-state index contributed by atoms with van der Waals surface area (Å²) in [5, 5.41) is 3.14. The van der Waals surface area contributed by atoms with Crippen LogP contribution in [0.1, 0.15) is 54.4 Å². The van der Waals surface area contributed by atoms with Crippen molar-refractivity contribution in [2.24, 2.45) is 5.92 Å². The molecule has 3 heterocycles. The van der Waals surface area contributed by atoms with Gasteiger partial charge < -0.3 is 15.1 Å². The van der Waals surface area contributed by atoms with Crippen LogP contribution >= 0.6 is 0 Å². The van der Waals surface area contributed by atoms with Gasteiger partial charge in [0.05, 0.1) is 0 Å². The lowest BCUT2D eigenvalue weighted by molar-refractivity contribution is -0.121. The van der Waals surface area contributed by atoms with Crippen LogP contribution in [0.5, 0.6) is 0 Å². The lowest BCUT2D eigenvalue weighted by atomic mass is 9.83. The lowest BCUT2D eigenvalue weighted by Gasteiger charge is -2.44. The SMILES string of the molecule is O=C(CCN1Cc2ccccc2C1=O)NC[C@H]1CCCN2CCCC[C@H]12. The van der Waals surface area contributed by atoms with Gasteiger partial charge in [-0.2, -0.15) is 0 Å². The molecule has 2 atom stereocenters. The van der Waals surface area contributed by atoms with Crippen molar-refractivity contribution < 1.29 is 9.59 Å². The van der Waals surface area contributed by atoms with Crippen LogP contribution in [0.2, 0.25) is 0 Å². The van der Waals surface area contributed by atoms with Crippen molar-refractivity contribution in [2.45, 2.75) is 51.1 Å². The fourth-order valence-corrected chi connectivity index (χ4v) is 4.88. The van der Waals surface area contributed by atoms with Gasteiger partial charge in [-0.25, -0.2) is 0 Å². The number of hydrogen-bond donors (Lipinski definition) is 1. The summed E-state index contributed by atoms with van der Waals surface area (Å²) in [6.45, 7) is 4.37. The van der Waals surface area contributed by atoms with E-state index in [4.69, 9.17) is 0 Å². The van der Waals surface area contributed by atoms with Crippen molar-refractivity contribution in [3.8, 4) is 0 Å². The largest absolute Gasteiger partial charge is 0.356 e.